The molecule has 0 atom stereocenters. The number of halogens is 1. The molecule has 0 amide bonds. The van der Waals surface area contributed by atoms with Gasteiger partial charge in [-0.25, -0.2) is 4.98 Å². The summed E-state index contributed by atoms with van der Waals surface area (Å²) in [7, 11) is 0. The van der Waals surface area contributed by atoms with E-state index in [-0.39, 0.29) is 18.0 Å². The van der Waals surface area contributed by atoms with Crippen LogP contribution in [0.4, 0.5) is 5.69 Å². The van der Waals surface area contributed by atoms with Crippen LogP contribution in [-0.4, -0.2) is 23.1 Å². The molecule has 1 fully saturated rings. The number of nitrogens with zero attached hydrogens (tertiary/aromatic N) is 1. The molecule has 0 aromatic carbocycles. The van der Waals surface area contributed by atoms with Crippen LogP contribution in [-0.2, 0) is 0 Å². The normalized spacial score (nSPS) is 28.0. The Labute approximate surface area is 87.8 Å². The number of nitrogens with one attached hydrogen (secondary N) is 2. The first-order chi connectivity index (χ1) is 6.36. The second-order valence-electron chi connectivity index (χ2n) is 3.87. The summed E-state index contributed by atoms with van der Waals surface area (Å²) in [6, 6.07) is 0. The highest BCUT2D eigenvalue weighted by Crippen LogP contribution is 2.29. The molecule has 76 valence electrons. The Morgan fingerprint density at radius 3 is 2.79 bits per heavy atom. The lowest BCUT2D eigenvalue weighted by atomic mass is 9.87. The van der Waals surface area contributed by atoms with E-state index >= 15 is 0 Å². The Kier molecular flexibility index (Phi) is 2.33. The van der Waals surface area contributed by atoms with E-state index in [4.69, 9.17) is 0 Å². The van der Waals surface area contributed by atoms with Crippen molar-refractivity contribution >= 4 is 5.69 Å². The van der Waals surface area contributed by atoms with Crippen LogP contribution in [0, 0.1) is 0 Å². The summed E-state index contributed by atoms with van der Waals surface area (Å²) >= 11 is 0. The van der Waals surface area contributed by atoms with Crippen LogP contribution in [0.2, 0.25) is 0 Å². The van der Waals surface area contributed by atoms with Crippen molar-refractivity contribution in [2.75, 3.05) is 13.1 Å². The third-order valence-electron chi connectivity index (χ3n) is 3.21. The first kappa shape index (κ1) is 9.68. The van der Waals surface area contributed by atoms with E-state index < -0.39 is 0 Å². The Hall–Kier alpha value is -0.870. The Morgan fingerprint density at radius 2 is 2.14 bits per heavy atom. The van der Waals surface area contributed by atoms with Gasteiger partial charge in [0.05, 0.1) is 19.4 Å². The maximum atomic E-state index is 11.5. The van der Waals surface area contributed by atoms with Crippen LogP contribution in [0.25, 0.3) is 0 Å². The van der Waals surface area contributed by atoms with Gasteiger partial charge in [-0.05, 0) is 0 Å². The largest absolute Gasteiger partial charge is 1.00 e. The predicted octanol–water partition coefficient (Wildman–Crippen LogP) is -3.82. The number of hydrogen-bond donors (Lipinski definition) is 2. The molecule has 5 heteroatoms. The zero-order valence-electron chi connectivity index (χ0n) is 7.72. The molecule has 4 rings (SSSR count). The molecule has 2 bridgehead atoms. The highest BCUT2D eigenvalue weighted by Gasteiger charge is 2.38. The van der Waals surface area contributed by atoms with Crippen molar-refractivity contribution in [3.63, 3.8) is 0 Å². The van der Waals surface area contributed by atoms with Gasteiger partial charge < -0.3 is 17.4 Å². The third kappa shape index (κ3) is 1.18. The molecule has 1 aromatic heterocycles. The van der Waals surface area contributed by atoms with Crippen LogP contribution in [0.5, 0.6) is 0 Å². The summed E-state index contributed by atoms with van der Waals surface area (Å²) in [4.78, 5) is 19.8. The number of rotatable bonds is 0. The molecule has 1 saturated heterocycles. The van der Waals surface area contributed by atoms with Gasteiger partial charge in [0.25, 0.3) is 0 Å². The van der Waals surface area contributed by atoms with Crippen LogP contribution in [0.15, 0.2) is 11.1 Å². The second-order valence-corrected chi connectivity index (χ2v) is 3.87. The standard InChI is InChI=1S/C9H11N3O.ClH/c13-9-8-7(10-5-11-9)6-1-3-12(8)4-2-6;/h5-6H,1-4H2,(H,10,11,13);1H. The fraction of sp³-hybridized carbons (Fsp3) is 0.556. The summed E-state index contributed by atoms with van der Waals surface area (Å²) in [6.45, 7) is 2.21. The van der Waals surface area contributed by atoms with Gasteiger partial charge in [0, 0.05) is 18.8 Å². The minimum atomic E-state index is 0. The molecule has 4 nitrogen and oxygen atoms in total. The van der Waals surface area contributed by atoms with Crippen LogP contribution in [0.3, 0.4) is 0 Å². The molecule has 0 radical (unpaired) electrons. The molecule has 0 aliphatic carbocycles. The molecule has 0 spiro atoms. The molecule has 0 unspecified atom stereocenters. The SMILES string of the molecule is O=c1[nH]cnc2c1[NH+]1CCC2CC1.[Cl-]. The van der Waals surface area contributed by atoms with Gasteiger partial charge in [0.1, 0.15) is 5.69 Å². The molecule has 3 aliphatic rings. The van der Waals surface area contributed by atoms with E-state index in [9.17, 15) is 4.79 Å². The number of fused-ring (bicyclic) bond motifs is 2. The van der Waals surface area contributed by atoms with Crippen LogP contribution in [0.1, 0.15) is 24.5 Å². The van der Waals surface area contributed by atoms with Gasteiger partial charge in [-0.1, -0.05) is 0 Å². The van der Waals surface area contributed by atoms with E-state index in [1.807, 2.05) is 0 Å². The summed E-state index contributed by atoms with van der Waals surface area (Å²) in [5.74, 6) is 0.551. The summed E-state index contributed by atoms with van der Waals surface area (Å²) in [6.07, 6.45) is 3.92. The van der Waals surface area contributed by atoms with Gasteiger partial charge in [0.2, 0.25) is 5.69 Å². The topological polar surface area (TPSA) is 50.2 Å². The lowest BCUT2D eigenvalue weighted by Crippen LogP contribution is -3.11. The second kappa shape index (κ2) is 3.37. The Bertz CT molecular complexity index is 395. The summed E-state index contributed by atoms with van der Waals surface area (Å²) < 4.78 is 0. The Balaban J connectivity index is 0.000000750. The molecule has 0 saturated carbocycles. The van der Waals surface area contributed by atoms with Crippen molar-refractivity contribution in [2.24, 2.45) is 0 Å². The average Bonchev–Trinajstić information content (AvgIpc) is 2.20. The van der Waals surface area contributed by atoms with E-state index in [2.05, 4.69) is 9.97 Å². The van der Waals surface area contributed by atoms with Crippen molar-refractivity contribution in [3.8, 4) is 0 Å². The van der Waals surface area contributed by atoms with Crippen molar-refractivity contribution < 1.29 is 17.3 Å². The van der Waals surface area contributed by atoms with Gasteiger partial charge in [-0.3, -0.25) is 9.69 Å². The monoisotopic (exact) mass is 213 g/mol. The van der Waals surface area contributed by atoms with Crippen LogP contribution >= 0.6 is 0 Å². The number of aromatic amines is 1. The Morgan fingerprint density at radius 1 is 1.43 bits per heavy atom. The number of H-pyrrole nitrogens is 1. The smallest absolute Gasteiger partial charge is 0.312 e. The van der Waals surface area contributed by atoms with E-state index in [1.54, 1.807) is 0 Å². The minimum Gasteiger partial charge on any atom is -1.00 e. The molecule has 14 heavy (non-hydrogen) atoms. The van der Waals surface area contributed by atoms with Gasteiger partial charge >= 0.3 is 5.56 Å². The number of quaternary nitrogens is 1. The van der Waals surface area contributed by atoms with Crippen molar-refractivity contribution in [2.45, 2.75) is 18.8 Å². The van der Waals surface area contributed by atoms with Crippen molar-refractivity contribution in [1.29, 1.82) is 0 Å². The minimum absolute atomic E-state index is 0. The van der Waals surface area contributed by atoms with Gasteiger partial charge in [-0.2, -0.15) is 0 Å². The molecule has 3 aliphatic heterocycles. The van der Waals surface area contributed by atoms with Crippen molar-refractivity contribution in [3.05, 3.63) is 22.4 Å². The van der Waals surface area contributed by atoms with Gasteiger partial charge in [-0.15, -0.1) is 0 Å². The molecule has 1 aromatic rings. The zero-order chi connectivity index (χ0) is 8.84. The number of hydrogen-bond acceptors (Lipinski definition) is 2. The maximum Gasteiger partial charge on any atom is 0.312 e. The first-order valence-corrected chi connectivity index (χ1v) is 4.79. The molecular weight excluding hydrogens is 202 g/mol. The van der Waals surface area contributed by atoms with Crippen molar-refractivity contribution in [1.82, 2.24) is 9.97 Å². The van der Waals surface area contributed by atoms with E-state index in [0.717, 1.165) is 24.5 Å². The lowest BCUT2D eigenvalue weighted by Gasteiger charge is -2.35. The predicted molar refractivity (Wildman–Crippen MR) is 47.2 cm³/mol. The highest BCUT2D eigenvalue weighted by molar-refractivity contribution is 5.36. The van der Waals surface area contributed by atoms with Gasteiger partial charge in [0.15, 0.2) is 0 Å². The van der Waals surface area contributed by atoms with E-state index in [0.29, 0.717) is 5.92 Å². The summed E-state index contributed by atoms with van der Waals surface area (Å²) in [5, 5.41) is 0. The van der Waals surface area contributed by atoms with E-state index in [1.165, 1.54) is 24.1 Å². The fourth-order valence-electron chi connectivity index (χ4n) is 2.55. The zero-order valence-corrected chi connectivity index (χ0v) is 8.47. The number of aromatic nitrogens is 2. The molecule has 4 heterocycles. The third-order valence-corrected chi connectivity index (χ3v) is 3.21. The lowest BCUT2D eigenvalue weighted by molar-refractivity contribution is -0.845. The maximum absolute atomic E-state index is 11.5. The summed E-state index contributed by atoms with van der Waals surface area (Å²) in [5.41, 5.74) is 2.02. The fourth-order valence-corrected chi connectivity index (χ4v) is 2.55. The quantitative estimate of drug-likeness (QED) is 0.464. The molecular formula is C9H12ClN3O. The van der Waals surface area contributed by atoms with Crippen LogP contribution < -0.4 is 22.9 Å². The highest BCUT2D eigenvalue weighted by atomic mass is 35.5. The molecule has 2 N–H and O–H groups in total. The number of piperidine rings is 1. The first-order valence-electron chi connectivity index (χ1n) is 4.79. The average molecular weight is 214 g/mol.